The van der Waals surface area contributed by atoms with Crippen molar-refractivity contribution in [2.75, 3.05) is 10.8 Å². The molecule has 2 heterocycles. The Kier molecular flexibility index (Phi) is 3.45. The summed E-state index contributed by atoms with van der Waals surface area (Å²) in [6.45, 7) is 3.69. The second-order valence-corrected chi connectivity index (χ2v) is 7.34. The van der Waals surface area contributed by atoms with Crippen LogP contribution in [0.3, 0.4) is 0 Å². The molecule has 1 aromatic heterocycles. The van der Waals surface area contributed by atoms with Crippen molar-refractivity contribution in [2.45, 2.75) is 31.6 Å². The molecular formula is C14H15ClN2O3S. The lowest BCUT2D eigenvalue weighted by Crippen LogP contribution is -2.36. The Hall–Kier alpha value is -1.53. The Balaban J connectivity index is 2.14. The van der Waals surface area contributed by atoms with Gasteiger partial charge in [-0.1, -0.05) is 16.8 Å². The average Bonchev–Trinajstić information content (AvgIpc) is 2.77. The largest absolute Gasteiger partial charge is 0.360 e. The number of fused-ring (bicyclic) bond motifs is 1. The summed E-state index contributed by atoms with van der Waals surface area (Å²) >= 11 is 6.00. The molecule has 3 rings (SSSR count). The number of hydrogen-bond acceptors (Lipinski definition) is 4. The molecule has 1 aliphatic rings. The highest BCUT2D eigenvalue weighted by Crippen LogP contribution is 2.35. The first-order chi connectivity index (χ1) is 9.91. The topological polar surface area (TPSA) is 63.4 Å². The lowest BCUT2D eigenvalue weighted by atomic mass is 10.0. The Labute approximate surface area is 128 Å². The van der Waals surface area contributed by atoms with Crippen LogP contribution in [0.25, 0.3) is 0 Å². The second kappa shape index (κ2) is 5.03. The van der Waals surface area contributed by atoms with Crippen LogP contribution >= 0.6 is 11.6 Å². The van der Waals surface area contributed by atoms with Crippen LogP contribution in [0.15, 0.2) is 27.6 Å². The molecule has 0 fully saturated rings. The number of hydrogen-bond donors (Lipinski definition) is 0. The van der Waals surface area contributed by atoms with Crippen LogP contribution in [0.5, 0.6) is 0 Å². The minimum atomic E-state index is -3.67. The zero-order valence-corrected chi connectivity index (χ0v) is 13.3. The maximum Gasteiger partial charge on any atom is 0.269 e. The highest BCUT2D eigenvalue weighted by Gasteiger charge is 2.33. The summed E-state index contributed by atoms with van der Waals surface area (Å²) in [7, 11) is -3.67. The number of aryl methyl sites for hydroxylation is 3. The third kappa shape index (κ3) is 2.32. The molecular weight excluding hydrogens is 312 g/mol. The molecule has 0 unspecified atom stereocenters. The molecule has 1 aliphatic heterocycles. The van der Waals surface area contributed by atoms with Gasteiger partial charge in [0.2, 0.25) is 0 Å². The molecule has 2 aromatic rings. The van der Waals surface area contributed by atoms with E-state index in [1.54, 1.807) is 26.0 Å². The van der Waals surface area contributed by atoms with Crippen LogP contribution in [-0.4, -0.2) is 20.1 Å². The molecule has 0 amide bonds. The zero-order valence-electron chi connectivity index (χ0n) is 11.8. The molecule has 0 N–H and O–H groups in total. The number of nitrogens with zero attached hydrogens (tertiary/aromatic N) is 2. The van der Waals surface area contributed by atoms with Crippen LogP contribution in [0.1, 0.15) is 23.4 Å². The van der Waals surface area contributed by atoms with E-state index in [0.717, 1.165) is 18.4 Å². The van der Waals surface area contributed by atoms with Gasteiger partial charge in [-0.3, -0.25) is 4.31 Å². The van der Waals surface area contributed by atoms with E-state index in [2.05, 4.69) is 5.16 Å². The predicted molar refractivity (Wildman–Crippen MR) is 80.3 cm³/mol. The molecule has 0 radical (unpaired) electrons. The van der Waals surface area contributed by atoms with Gasteiger partial charge in [0.05, 0.1) is 5.69 Å². The van der Waals surface area contributed by atoms with E-state index in [-0.39, 0.29) is 4.90 Å². The van der Waals surface area contributed by atoms with Crippen molar-refractivity contribution < 1.29 is 12.9 Å². The van der Waals surface area contributed by atoms with Gasteiger partial charge >= 0.3 is 0 Å². The first kappa shape index (κ1) is 14.4. The Morgan fingerprint density at radius 2 is 2.10 bits per heavy atom. The molecule has 0 spiro atoms. The van der Waals surface area contributed by atoms with Gasteiger partial charge in [0, 0.05) is 11.6 Å². The first-order valence-electron chi connectivity index (χ1n) is 6.65. The summed E-state index contributed by atoms with van der Waals surface area (Å²) in [6.07, 6.45) is 1.58. The van der Waals surface area contributed by atoms with Gasteiger partial charge in [-0.05, 0) is 50.5 Å². The minimum absolute atomic E-state index is 0.158. The number of rotatable bonds is 2. The summed E-state index contributed by atoms with van der Waals surface area (Å²) < 4.78 is 32.3. The smallest absolute Gasteiger partial charge is 0.269 e. The van der Waals surface area contributed by atoms with Crippen LogP contribution in [0.4, 0.5) is 5.69 Å². The molecule has 0 saturated carbocycles. The molecule has 5 nitrogen and oxygen atoms in total. The summed E-state index contributed by atoms with van der Waals surface area (Å²) in [5.74, 6) is 0.314. The molecule has 0 atom stereocenters. The molecule has 0 bridgehead atoms. The van der Waals surface area contributed by atoms with Crippen molar-refractivity contribution in [3.05, 3.63) is 40.2 Å². The van der Waals surface area contributed by atoms with E-state index in [9.17, 15) is 8.42 Å². The lowest BCUT2D eigenvalue weighted by Gasteiger charge is -2.30. The van der Waals surface area contributed by atoms with E-state index in [4.69, 9.17) is 16.1 Å². The number of benzene rings is 1. The van der Waals surface area contributed by atoms with Crippen LogP contribution in [0.2, 0.25) is 5.02 Å². The number of sulfonamides is 1. The van der Waals surface area contributed by atoms with Crippen molar-refractivity contribution in [3.63, 3.8) is 0 Å². The SMILES string of the molecule is Cc1noc(C)c1S(=O)(=O)N1CCCc2cc(Cl)ccc21. The van der Waals surface area contributed by atoms with Gasteiger partial charge in [0.15, 0.2) is 10.7 Å². The number of aromatic nitrogens is 1. The van der Waals surface area contributed by atoms with E-state index in [1.807, 2.05) is 6.07 Å². The van der Waals surface area contributed by atoms with Crippen molar-refractivity contribution in [1.82, 2.24) is 5.16 Å². The van der Waals surface area contributed by atoms with Gasteiger partial charge < -0.3 is 4.52 Å². The van der Waals surface area contributed by atoms with Crippen molar-refractivity contribution >= 4 is 27.3 Å². The fraction of sp³-hybridized carbons (Fsp3) is 0.357. The van der Waals surface area contributed by atoms with Gasteiger partial charge in [-0.25, -0.2) is 8.42 Å². The Morgan fingerprint density at radius 1 is 1.33 bits per heavy atom. The predicted octanol–water partition coefficient (Wildman–Crippen LogP) is 3.09. The number of anilines is 1. The molecule has 21 heavy (non-hydrogen) atoms. The Morgan fingerprint density at radius 3 is 2.76 bits per heavy atom. The lowest BCUT2D eigenvalue weighted by molar-refractivity contribution is 0.390. The summed E-state index contributed by atoms with van der Waals surface area (Å²) in [4.78, 5) is 0.158. The first-order valence-corrected chi connectivity index (χ1v) is 8.47. The van der Waals surface area contributed by atoms with E-state index in [0.29, 0.717) is 28.7 Å². The molecule has 7 heteroatoms. The van der Waals surface area contributed by atoms with E-state index >= 15 is 0 Å². The molecule has 1 aromatic carbocycles. The summed E-state index contributed by atoms with van der Waals surface area (Å²) in [6, 6.07) is 5.29. The monoisotopic (exact) mass is 326 g/mol. The second-order valence-electron chi connectivity index (χ2n) is 5.11. The van der Waals surface area contributed by atoms with Gasteiger partial charge in [-0.2, -0.15) is 0 Å². The van der Waals surface area contributed by atoms with Gasteiger partial charge in [0.25, 0.3) is 10.0 Å². The van der Waals surface area contributed by atoms with Crippen LogP contribution < -0.4 is 4.31 Å². The maximum absolute atomic E-state index is 12.9. The van der Waals surface area contributed by atoms with Crippen LogP contribution in [-0.2, 0) is 16.4 Å². The normalized spacial score (nSPS) is 15.1. The third-order valence-electron chi connectivity index (χ3n) is 3.63. The highest BCUT2D eigenvalue weighted by molar-refractivity contribution is 7.93. The van der Waals surface area contributed by atoms with E-state index < -0.39 is 10.0 Å². The molecule has 0 aliphatic carbocycles. The van der Waals surface area contributed by atoms with Crippen molar-refractivity contribution in [1.29, 1.82) is 0 Å². The van der Waals surface area contributed by atoms with Crippen molar-refractivity contribution in [2.24, 2.45) is 0 Å². The maximum atomic E-state index is 12.9. The zero-order chi connectivity index (χ0) is 15.2. The standard InChI is InChI=1S/C14H15ClN2O3S/c1-9-14(10(2)20-16-9)21(18,19)17-7-3-4-11-8-12(15)5-6-13(11)17/h5-6,8H,3-4,7H2,1-2H3. The highest BCUT2D eigenvalue weighted by atomic mass is 35.5. The molecule has 112 valence electrons. The fourth-order valence-electron chi connectivity index (χ4n) is 2.73. The van der Waals surface area contributed by atoms with Gasteiger partial charge in [-0.15, -0.1) is 0 Å². The fourth-order valence-corrected chi connectivity index (χ4v) is 4.77. The Bertz CT molecular complexity index is 779. The minimum Gasteiger partial charge on any atom is -0.360 e. The molecule has 0 saturated heterocycles. The van der Waals surface area contributed by atoms with E-state index in [1.165, 1.54) is 4.31 Å². The van der Waals surface area contributed by atoms with Crippen LogP contribution in [0, 0.1) is 13.8 Å². The summed E-state index contributed by atoms with van der Waals surface area (Å²) in [5.41, 5.74) is 2.02. The van der Waals surface area contributed by atoms with Crippen molar-refractivity contribution in [3.8, 4) is 0 Å². The number of halogens is 1. The quantitative estimate of drug-likeness (QED) is 0.850. The van der Waals surface area contributed by atoms with Gasteiger partial charge in [0.1, 0.15) is 5.69 Å². The third-order valence-corrected chi connectivity index (χ3v) is 5.93. The average molecular weight is 327 g/mol. The summed E-state index contributed by atoms with van der Waals surface area (Å²) in [5, 5.41) is 4.36.